The number of carbonyl (C=O) groups excluding carboxylic acids is 2. The Hall–Kier alpha value is -2.14. The molecule has 2 amide bonds. The molecule has 1 aliphatic heterocycles. The molecule has 5 heteroatoms. The molecule has 3 atom stereocenters. The van der Waals surface area contributed by atoms with Crippen LogP contribution in [0.1, 0.15) is 51.2 Å². The second-order valence-electron chi connectivity index (χ2n) is 6.90. The van der Waals surface area contributed by atoms with E-state index in [2.05, 4.69) is 12.1 Å². The van der Waals surface area contributed by atoms with Gasteiger partial charge in [0.05, 0.1) is 18.7 Å². The Morgan fingerprint density at radius 1 is 1.19 bits per heavy atom. The van der Waals surface area contributed by atoms with E-state index < -0.39 is 0 Å². The number of aliphatic hydroxyl groups excluding tert-OH is 1. The third-order valence-corrected chi connectivity index (χ3v) is 5.12. The van der Waals surface area contributed by atoms with Gasteiger partial charge in [-0.2, -0.15) is 0 Å². The maximum Gasteiger partial charge on any atom is 0.220 e. The smallest absolute Gasteiger partial charge is 0.220 e. The summed E-state index contributed by atoms with van der Waals surface area (Å²) in [4.78, 5) is 27.6. The van der Waals surface area contributed by atoms with Crippen molar-refractivity contribution in [2.45, 2.75) is 52.1 Å². The van der Waals surface area contributed by atoms with Gasteiger partial charge in [-0.3, -0.25) is 9.59 Å². The van der Waals surface area contributed by atoms with Crippen LogP contribution in [-0.2, 0) is 9.59 Å². The standard InChI is InChI=1S/C21H30N2O3/c1-5-7-17-8-10-18(11-9-17)21-19(13-22(12-6-2)15(3)25)23(16(4)26)20(21)14-24/h5,7-11,19-21,24H,6,12-14H2,1-4H3/b7-5+/t19-,20+,21-/m1/s1. The predicted molar refractivity (Wildman–Crippen MR) is 104 cm³/mol. The van der Waals surface area contributed by atoms with Crippen molar-refractivity contribution in [1.82, 2.24) is 9.80 Å². The zero-order valence-electron chi connectivity index (χ0n) is 16.2. The molecule has 0 aliphatic carbocycles. The number of hydrogen-bond donors (Lipinski definition) is 1. The summed E-state index contributed by atoms with van der Waals surface area (Å²) in [7, 11) is 0. The number of amides is 2. The number of nitrogens with zero attached hydrogens (tertiary/aromatic N) is 2. The number of carbonyl (C=O) groups is 2. The van der Waals surface area contributed by atoms with Gasteiger partial charge in [-0.05, 0) is 24.5 Å². The summed E-state index contributed by atoms with van der Waals surface area (Å²) in [5.41, 5.74) is 2.22. The van der Waals surface area contributed by atoms with Crippen molar-refractivity contribution in [3.63, 3.8) is 0 Å². The van der Waals surface area contributed by atoms with Gasteiger partial charge in [-0.15, -0.1) is 0 Å². The quantitative estimate of drug-likeness (QED) is 0.815. The highest BCUT2D eigenvalue weighted by molar-refractivity contribution is 5.77. The number of likely N-dealkylation sites (tertiary alicyclic amines) is 1. The molecule has 0 unspecified atom stereocenters. The number of rotatable bonds is 7. The monoisotopic (exact) mass is 358 g/mol. The van der Waals surface area contributed by atoms with Crippen molar-refractivity contribution in [2.75, 3.05) is 19.7 Å². The molecule has 0 radical (unpaired) electrons. The molecule has 1 heterocycles. The molecule has 2 rings (SSSR count). The molecular weight excluding hydrogens is 328 g/mol. The van der Waals surface area contributed by atoms with Crippen LogP contribution in [0.5, 0.6) is 0 Å². The molecule has 26 heavy (non-hydrogen) atoms. The Morgan fingerprint density at radius 2 is 1.85 bits per heavy atom. The van der Waals surface area contributed by atoms with Gasteiger partial charge >= 0.3 is 0 Å². The molecular formula is C21H30N2O3. The molecule has 1 N–H and O–H groups in total. The summed E-state index contributed by atoms with van der Waals surface area (Å²) in [5.74, 6) is -0.0110. The maximum atomic E-state index is 12.1. The molecule has 1 fully saturated rings. The van der Waals surface area contributed by atoms with Gasteiger partial charge in [0.15, 0.2) is 0 Å². The normalized spacial score (nSPS) is 22.3. The number of benzene rings is 1. The minimum absolute atomic E-state index is 0.0185. The third-order valence-electron chi connectivity index (χ3n) is 5.12. The fraction of sp³-hybridized carbons (Fsp3) is 0.524. The van der Waals surface area contributed by atoms with Crippen molar-refractivity contribution in [2.24, 2.45) is 0 Å². The predicted octanol–water partition coefficient (Wildman–Crippen LogP) is 2.65. The Bertz CT molecular complexity index is 654. The van der Waals surface area contributed by atoms with E-state index in [-0.39, 0.29) is 36.4 Å². The first-order valence-electron chi connectivity index (χ1n) is 9.32. The highest BCUT2D eigenvalue weighted by Gasteiger charge is 2.50. The van der Waals surface area contributed by atoms with E-state index in [4.69, 9.17) is 0 Å². The maximum absolute atomic E-state index is 12.1. The van der Waals surface area contributed by atoms with Crippen LogP contribution in [0.15, 0.2) is 30.3 Å². The summed E-state index contributed by atoms with van der Waals surface area (Å²) >= 11 is 0. The molecule has 1 aromatic rings. The molecule has 142 valence electrons. The lowest BCUT2D eigenvalue weighted by Gasteiger charge is -2.55. The summed E-state index contributed by atoms with van der Waals surface area (Å²) in [6.07, 6.45) is 4.90. The van der Waals surface area contributed by atoms with E-state index in [1.54, 1.807) is 16.7 Å². The van der Waals surface area contributed by atoms with E-state index in [0.717, 1.165) is 17.5 Å². The van der Waals surface area contributed by atoms with Crippen LogP contribution in [0.3, 0.4) is 0 Å². The van der Waals surface area contributed by atoms with Crippen LogP contribution in [-0.4, -0.2) is 58.5 Å². The van der Waals surface area contributed by atoms with Gasteiger partial charge in [0.2, 0.25) is 11.8 Å². The van der Waals surface area contributed by atoms with Crippen LogP contribution in [0, 0.1) is 0 Å². The Balaban J connectivity index is 2.30. The first-order chi connectivity index (χ1) is 12.4. The average Bonchev–Trinajstić information content (AvgIpc) is 2.58. The lowest BCUT2D eigenvalue weighted by Crippen LogP contribution is -2.68. The first kappa shape index (κ1) is 20.2. The lowest BCUT2D eigenvalue weighted by atomic mass is 9.74. The molecule has 1 aromatic carbocycles. The number of allylic oxidation sites excluding steroid dienone is 1. The van der Waals surface area contributed by atoms with E-state index in [1.165, 1.54) is 6.92 Å². The van der Waals surface area contributed by atoms with Crippen LogP contribution in [0.4, 0.5) is 0 Å². The molecule has 1 aliphatic rings. The first-order valence-corrected chi connectivity index (χ1v) is 9.32. The van der Waals surface area contributed by atoms with Gasteiger partial charge < -0.3 is 14.9 Å². The topological polar surface area (TPSA) is 60.9 Å². The molecule has 0 aromatic heterocycles. The number of hydrogen-bond acceptors (Lipinski definition) is 3. The Morgan fingerprint density at radius 3 is 2.31 bits per heavy atom. The van der Waals surface area contributed by atoms with Gasteiger partial charge in [0.1, 0.15) is 0 Å². The lowest BCUT2D eigenvalue weighted by molar-refractivity contribution is -0.152. The zero-order chi connectivity index (χ0) is 19.3. The molecule has 0 bridgehead atoms. The van der Waals surface area contributed by atoms with E-state index in [1.807, 2.05) is 38.1 Å². The Kier molecular flexibility index (Phi) is 6.98. The SMILES string of the molecule is C/C=C/c1ccc([C@@H]2[C@@H](CN(CCC)C(C)=O)N(C(C)=O)[C@H]2CO)cc1. The second kappa shape index (κ2) is 8.99. The highest BCUT2D eigenvalue weighted by atomic mass is 16.3. The minimum atomic E-state index is -0.236. The number of aliphatic hydroxyl groups is 1. The molecule has 5 nitrogen and oxygen atoms in total. The molecule has 0 spiro atoms. The van der Waals surface area contributed by atoms with Crippen LogP contribution in [0.2, 0.25) is 0 Å². The minimum Gasteiger partial charge on any atom is -0.394 e. The fourth-order valence-corrected chi connectivity index (χ4v) is 3.96. The second-order valence-corrected chi connectivity index (χ2v) is 6.90. The summed E-state index contributed by atoms with van der Waals surface area (Å²) in [6, 6.07) is 7.88. The van der Waals surface area contributed by atoms with Gasteiger partial charge in [0.25, 0.3) is 0 Å². The molecule has 0 saturated carbocycles. The van der Waals surface area contributed by atoms with Crippen molar-refractivity contribution < 1.29 is 14.7 Å². The van der Waals surface area contributed by atoms with Crippen molar-refractivity contribution in [1.29, 1.82) is 0 Å². The van der Waals surface area contributed by atoms with Gasteiger partial charge in [-0.1, -0.05) is 43.3 Å². The van der Waals surface area contributed by atoms with Gasteiger partial charge in [0, 0.05) is 32.9 Å². The van der Waals surface area contributed by atoms with Crippen molar-refractivity contribution >= 4 is 17.9 Å². The zero-order valence-corrected chi connectivity index (χ0v) is 16.2. The van der Waals surface area contributed by atoms with E-state index in [9.17, 15) is 14.7 Å². The fourth-order valence-electron chi connectivity index (χ4n) is 3.96. The molecule has 1 saturated heterocycles. The van der Waals surface area contributed by atoms with Crippen LogP contribution >= 0.6 is 0 Å². The van der Waals surface area contributed by atoms with Crippen LogP contribution < -0.4 is 0 Å². The Labute approximate surface area is 156 Å². The largest absolute Gasteiger partial charge is 0.394 e. The van der Waals surface area contributed by atoms with Gasteiger partial charge in [-0.25, -0.2) is 0 Å². The van der Waals surface area contributed by atoms with Crippen molar-refractivity contribution in [3.05, 3.63) is 41.5 Å². The third kappa shape index (κ3) is 4.15. The van der Waals surface area contributed by atoms with Crippen molar-refractivity contribution in [3.8, 4) is 0 Å². The van der Waals surface area contributed by atoms with Crippen LogP contribution in [0.25, 0.3) is 6.08 Å². The van der Waals surface area contributed by atoms with E-state index >= 15 is 0 Å². The summed E-state index contributed by atoms with van der Waals surface area (Å²) in [5, 5.41) is 9.85. The summed E-state index contributed by atoms with van der Waals surface area (Å²) < 4.78 is 0. The summed E-state index contributed by atoms with van der Waals surface area (Å²) in [6.45, 7) is 8.20. The average molecular weight is 358 g/mol. The van der Waals surface area contributed by atoms with E-state index in [0.29, 0.717) is 13.1 Å². The highest BCUT2D eigenvalue weighted by Crippen LogP contribution is 2.41.